The summed E-state index contributed by atoms with van der Waals surface area (Å²) in [6.45, 7) is 0. The minimum Gasteiger partial charge on any atom is -0.0817 e. The van der Waals surface area contributed by atoms with Crippen LogP contribution in [-0.2, 0) is 0 Å². The summed E-state index contributed by atoms with van der Waals surface area (Å²) in [7, 11) is 0. The molecule has 1 heteroatoms. The molecule has 0 heterocycles. The first-order chi connectivity index (χ1) is 4.95. The lowest BCUT2D eigenvalue weighted by molar-refractivity contribution is 1.18. The van der Waals surface area contributed by atoms with Crippen LogP contribution < -0.4 is 0 Å². The van der Waals surface area contributed by atoms with Gasteiger partial charge in [0.2, 0.25) is 0 Å². The lowest BCUT2D eigenvalue weighted by Crippen LogP contribution is -2.12. The Morgan fingerprint density at radius 1 is 0.600 bits per heavy atom. The summed E-state index contributed by atoms with van der Waals surface area (Å²) < 4.78 is 4.04. The van der Waals surface area contributed by atoms with Crippen LogP contribution in [0.5, 0.6) is 0 Å². The quantitative estimate of drug-likeness (QED) is 0.542. The molecule has 0 saturated heterocycles. The first kappa shape index (κ1) is 6.09. The van der Waals surface area contributed by atoms with Gasteiger partial charge in [-0.3, -0.25) is 0 Å². The minimum atomic E-state index is -0.120. The lowest BCUT2D eigenvalue weighted by Gasteiger charge is -2.05. The van der Waals surface area contributed by atoms with Gasteiger partial charge in [0, 0.05) is 0 Å². The second-order valence-corrected chi connectivity index (χ2v) is 8.57. The zero-order valence-electron chi connectivity index (χ0n) is 6.55. The van der Waals surface area contributed by atoms with Crippen molar-refractivity contribution in [3.8, 4) is 0 Å². The van der Waals surface area contributed by atoms with E-state index in [0.717, 1.165) is 0 Å². The monoisotopic (exact) mass is 150 g/mol. The molecule has 0 amide bonds. The smallest absolute Gasteiger partial charge is 0.0817 e. The summed E-state index contributed by atoms with van der Waals surface area (Å²) in [5.41, 5.74) is 0. The van der Waals surface area contributed by atoms with Crippen LogP contribution in [0.2, 0.25) is 14.3 Å². The van der Waals surface area contributed by atoms with Crippen molar-refractivity contribution in [2.75, 3.05) is 0 Å². The molecule has 10 heavy (non-hydrogen) atoms. The standard InChI is InChI=1S/3C3H5.Al/c3*1-2-3-1;/h3*1H,2-3H2;. The Kier molecular flexibility index (Phi) is 1.23. The van der Waals surface area contributed by atoms with Gasteiger partial charge in [0.05, 0.1) is 0 Å². The molecule has 3 aliphatic carbocycles. The largest absolute Gasteiger partial charge is 0.272 e. The molecule has 0 aromatic rings. The molecule has 3 fully saturated rings. The summed E-state index contributed by atoms with van der Waals surface area (Å²) in [4.78, 5) is 0. The van der Waals surface area contributed by atoms with Crippen LogP contribution in [0.4, 0.5) is 0 Å². The van der Waals surface area contributed by atoms with E-state index in [4.69, 9.17) is 0 Å². The summed E-state index contributed by atoms with van der Waals surface area (Å²) in [5, 5.41) is 0. The third-order valence-corrected chi connectivity index (χ3v) is 8.77. The van der Waals surface area contributed by atoms with Crippen molar-refractivity contribution in [3.63, 3.8) is 0 Å². The van der Waals surface area contributed by atoms with Crippen molar-refractivity contribution in [2.24, 2.45) is 0 Å². The van der Waals surface area contributed by atoms with Gasteiger partial charge < -0.3 is 0 Å². The lowest BCUT2D eigenvalue weighted by atomic mass is 10.9. The van der Waals surface area contributed by atoms with Crippen LogP contribution in [0.25, 0.3) is 0 Å². The average molecular weight is 150 g/mol. The summed E-state index contributed by atoms with van der Waals surface area (Å²) >= 11 is -0.120. The molecule has 0 bridgehead atoms. The van der Waals surface area contributed by atoms with Gasteiger partial charge in [-0.2, -0.15) is 0 Å². The van der Waals surface area contributed by atoms with E-state index in [0.29, 0.717) is 0 Å². The van der Waals surface area contributed by atoms with E-state index in [1.165, 1.54) is 14.3 Å². The van der Waals surface area contributed by atoms with Crippen molar-refractivity contribution in [1.29, 1.82) is 0 Å². The van der Waals surface area contributed by atoms with Crippen LogP contribution >= 0.6 is 0 Å². The molecule has 0 unspecified atom stereocenters. The molecule has 0 atom stereocenters. The Morgan fingerprint density at radius 2 is 0.900 bits per heavy atom. The van der Waals surface area contributed by atoms with Crippen molar-refractivity contribution >= 4 is 14.1 Å². The Hall–Kier alpha value is 0.532. The normalized spacial score (nSPS) is 32.4. The minimum absolute atomic E-state index is 0.120. The van der Waals surface area contributed by atoms with Crippen molar-refractivity contribution in [2.45, 2.75) is 52.9 Å². The molecular formula is C9H15Al. The maximum absolute atomic E-state index is 1.64. The van der Waals surface area contributed by atoms with Gasteiger partial charge in [-0.25, -0.2) is 0 Å². The average Bonchev–Trinajstić information content (AvgIpc) is 2.78. The van der Waals surface area contributed by atoms with E-state index in [1.807, 2.05) is 0 Å². The number of rotatable bonds is 3. The van der Waals surface area contributed by atoms with Gasteiger partial charge in [0.25, 0.3) is 14.1 Å². The second kappa shape index (κ2) is 2.02. The van der Waals surface area contributed by atoms with E-state index in [-0.39, 0.29) is 14.1 Å². The Bertz CT molecular complexity index is 114. The zero-order chi connectivity index (χ0) is 6.55. The molecule has 0 aliphatic heterocycles. The maximum Gasteiger partial charge on any atom is 0.272 e. The molecule has 0 aromatic carbocycles. The van der Waals surface area contributed by atoms with E-state index < -0.39 is 0 Å². The Balaban J connectivity index is 1.69. The van der Waals surface area contributed by atoms with Crippen LogP contribution in [0, 0.1) is 0 Å². The molecule has 0 aromatic heterocycles. The van der Waals surface area contributed by atoms with Gasteiger partial charge in [0.1, 0.15) is 0 Å². The van der Waals surface area contributed by atoms with Crippen molar-refractivity contribution in [1.82, 2.24) is 0 Å². The number of hydrogen-bond donors (Lipinski definition) is 0. The molecular weight excluding hydrogens is 135 g/mol. The highest BCUT2D eigenvalue weighted by Crippen LogP contribution is 2.60. The van der Waals surface area contributed by atoms with Gasteiger partial charge >= 0.3 is 0 Å². The Labute approximate surface area is 67.4 Å². The number of hydrogen-bond acceptors (Lipinski definition) is 0. The highest BCUT2D eigenvalue weighted by atomic mass is 27.2. The van der Waals surface area contributed by atoms with Crippen molar-refractivity contribution in [3.05, 3.63) is 0 Å². The molecule has 3 saturated carbocycles. The SMILES string of the molecule is C1C[CH]1[Al]([CH]1CC1)[CH]1CC1. The van der Waals surface area contributed by atoms with E-state index >= 15 is 0 Å². The van der Waals surface area contributed by atoms with Gasteiger partial charge in [-0.05, 0) is 0 Å². The van der Waals surface area contributed by atoms with Crippen LogP contribution in [0.3, 0.4) is 0 Å². The fraction of sp³-hybridized carbons (Fsp3) is 1.00. The third-order valence-electron chi connectivity index (χ3n) is 3.50. The molecule has 3 aliphatic rings. The molecule has 0 spiro atoms. The van der Waals surface area contributed by atoms with Crippen molar-refractivity contribution < 1.29 is 0 Å². The predicted octanol–water partition coefficient (Wildman–Crippen LogP) is 2.97. The summed E-state index contributed by atoms with van der Waals surface area (Å²) in [6.07, 6.45) is 9.86. The van der Waals surface area contributed by atoms with Crippen LogP contribution in [0.15, 0.2) is 0 Å². The predicted molar refractivity (Wildman–Crippen MR) is 44.7 cm³/mol. The first-order valence-corrected chi connectivity index (χ1v) is 6.95. The highest BCUT2D eigenvalue weighted by Gasteiger charge is 2.52. The second-order valence-electron chi connectivity index (χ2n) is 4.59. The molecule has 0 radical (unpaired) electrons. The zero-order valence-corrected chi connectivity index (χ0v) is 7.71. The summed E-state index contributed by atoms with van der Waals surface area (Å²) in [6, 6.07) is 0. The van der Waals surface area contributed by atoms with E-state index in [1.54, 1.807) is 38.5 Å². The Morgan fingerprint density at radius 3 is 1.10 bits per heavy atom. The fourth-order valence-corrected chi connectivity index (χ4v) is 7.79. The first-order valence-electron chi connectivity index (χ1n) is 4.95. The topological polar surface area (TPSA) is 0 Å². The highest BCUT2D eigenvalue weighted by molar-refractivity contribution is 6.66. The van der Waals surface area contributed by atoms with Gasteiger partial charge in [-0.15, -0.1) is 0 Å². The van der Waals surface area contributed by atoms with Crippen LogP contribution in [-0.4, -0.2) is 14.1 Å². The molecule has 3 rings (SSSR count). The van der Waals surface area contributed by atoms with E-state index in [9.17, 15) is 0 Å². The maximum atomic E-state index is 1.64. The van der Waals surface area contributed by atoms with Crippen LogP contribution in [0.1, 0.15) is 38.5 Å². The molecule has 0 nitrogen and oxygen atoms in total. The fourth-order valence-electron chi connectivity index (χ4n) is 2.60. The van der Waals surface area contributed by atoms with Gasteiger partial charge in [-0.1, -0.05) is 52.9 Å². The summed E-state index contributed by atoms with van der Waals surface area (Å²) in [5.74, 6) is 0. The van der Waals surface area contributed by atoms with Gasteiger partial charge in [0.15, 0.2) is 0 Å². The molecule has 54 valence electrons. The third kappa shape index (κ3) is 1.04. The van der Waals surface area contributed by atoms with E-state index in [2.05, 4.69) is 0 Å². The molecule has 0 N–H and O–H groups in total.